The predicted molar refractivity (Wildman–Crippen MR) is 128 cm³/mol. The molecule has 0 saturated heterocycles. The number of carbonyl (C=O) groups is 2. The minimum atomic E-state index is -1.01. The van der Waals surface area contributed by atoms with E-state index in [-0.39, 0.29) is 35.2 Å². The Morgan fingerprint density at radius 2 is 1.94 bits per heavy atom. The normalized spacial score (nSPS) is 12.2. The Morgan fingerprint density at radius 3 is 2.58 bits per heavy atom. The van der Waals surface area contributed by atoms with Gasteiger partial charge in [0.25, 0.3) is 0 Å². The number of carbonyl (C=O) groups excluding carboxylic acids is 1. The first-order valence-electron chi connectivity index (χ1n) is 10.3. The Balaban J connectivity index is 2.02. The summed E-state index contributed by atoms with van der Waals surface area (Å²) >= 11 is 7.25. The fraction of sp³-hybridized carbons (Fsp3) is 0.455. The minimum absolute atomic E-state index is 0.165. The molecule has 0 spiro atoms. The van der Waals surface area contributed by atoms with Crippen LogP contribution in [0.5, 0.6) is 5.88 Å². The highest BCUT2D eigenvalue weighted by Crippen LogP contribution is 2.23. The van der Waals surface area contributed by atoms with Gasteiger partial charge in [0.2, 0.25) is 11.8 Å². The molecule has 33 heavy (non-hydrogen) atoms. The van der Waals surface area contributed by atoms with Crippen LogP contribution in [0.1, 0.15) is 51.4 Å². The van der Waals surface area contributed by atoms with E-state index in [1.165, 1.54) is 18.2 Å². The molecule has 0 aliphatic rings. The van der Waals surface area contributed by atoms with E-state index in [0.717, 1.165) is 11.9 Å². The summed E-state index contributed by atoms with van der Waals surface area (Å²) in [6.45, 7) is 9.65. The number of aromatic carboxylic acids is 1. The lowest BCUT2D eigenvalue weighted by molar-refractivity contribution is 0.0478. The SMILES string of the molecule is CC(C)CC(COc1cc(Cl)nc(NSc2cccc(C(=O)O)c2)n1)NC(=O)OC(C)(C)C. The van der Waals surface area contributed by atoms with Crippen molar-refractivity contribution >= 4 is 41.6 Å². The zero-order valence-corrected chi connectivity index (χ0v) is 20.8. The van der Waals surface area contributed by atoms with E-state index in [1.54, 1.807) is 32.9 Å². The fourth-order valence-electron chi connectivity index (χ4n) is 2.71. The van der Waals surface area contributed by atoms with Gasteiger partial charge in [-0.1, -0.05) is 31.5 Å². The number of carboxylic acids is 1. The number of benzene rings is 1. The standard InChI is InChI=1S/C22H29ClN4O5S/c1-13(2)9-15(24-21(30)32-22(3,4)5)12-31-18-11-17(23)25-20(26-18)27-33-16-8-6-7-14(10-16)19(28)29/h6-8,10-11,13,15H,9,12H2,1-5H3,(H,24,30)(H,28,29)(H,25,26,27). The molecule has 0 saturated carbocycles. The molecule has 0 aliphatic heterocycles. The molecule has 0 radical (unpaired) electrons. The van der Waals surface area contributed by atoms with Crippen molar-refractivity contribution in [3.63, 3.8) is 0 Å². The minimum Gasteiger partial charge on any atom is -0.478 e. The molecular weight excluding hydrogens is 468 g/mol. The van der Waals surface area contributed by atoms with E-state index in [4.69, 9.17) is 26.2 Å². The molecule has 1 heterocycles. The topological polar surface area (TPSA) is 123 Å². The Hall–Kier alpha value is -2.72. The Morgan fingerprint density at radius 1 is 1.21 bits per heavy atom. The number of rotatable bonds is 10. The van der Waals surface area contributed by atoms with Crippen LogP contribution in [0.25, 0.3) is 0 Å². The van der Waals surface area contributed by atoms with Gasteiger partial charge >= 0.3 is 12.1 Å². The summed E-state index contributed by atoms with van der Waals surface area (Å²) in [6, 6.07) is 7.62. The smallest absolute Gasteiger partial charge is 0.407 e. The van der Waals surface area contributed by atoms with E-state index in [2.05, 4.69) is 20.0 Å². The molecule has 0 aliphatic carbocycles. The van der Waals surface area contributed by atoms with Crippen LogP contribution >= 0.6 is 23.5 Å². The summed E-state index contributed by atoms with van der Waals surface area (Å²) in [5, 5.41) is 12.1. The predicted octanol–water partition coefficient (Wildman–Crippen LogP) is 5.27. The summed E-state index contributed by atoms with van der Waals surface area (Å²) in [5.41, 5.74) is -0.429. The lowest BCUT2D eigenvalue weighted by Gasteiger charge is -2.24. The van der Waals surface area contributed by atoms with Crippen LogP contribution in [0.15, 0.2) is 35.2 Å². The number of carboxylic acid groups (broad SMARTS) is 1. The van der Waals surface area contributed by atoms with Gasteiger partial charge in [-0.15, -0.1) is 0 Å². The summed E-state index contributed by atoms with van der Waals surface area (Å²) in [4.78, 5) is 32.4. The molecule has 1 atom stereocenters. The molecule has 9 nitrogen and oxygen atoms in total. The molecule has 11 heteroatoms. The molecule has 0 fully saturated rings. The zero-order chi connectivity index (χ0) is 24.6. The Kier molecular flexibility index (Phi) is 9.60. The Labute approximate surface area is 202 Å². The number of ether oxygens (including phenoxy) is 2. The van der Waals surface area contributed by atoms with Crippen molar-refractivity contribution in [3.05, 3.63) is 41.0 Å². The molecular formula is C22H29ClN4O5S. The van der Waals surface area contributed by atoms with Crippen molar-refractivity contribution in [2.24, 2.45) is 5.92 Å². The Bertz CT molecular complexity index is 968. The van der Waals surface area contributed by atoms with Gasteiger partial charge in [0.1, 0.15) is 17.4 Å². The first kappa shape index (κ1) is 26.5. The van der Waals surface area contributed by atoms with E-state index in [9.17, 15) is 9.59 Å². The largest absolute Gasteiger partial charge is 0.478 e. The maximum atomic E-state index is 12.2. The van der Waals surface area contributed by atoms with Gasteiger partial charge in [-0.25, -0.2) is 14.6 Å². The maximum absolute atomic E-state index is 12.2. The second kappa shape index (κ2) is 11.9. The number of hydrogen-bond donors (Lipinski definition) is 3. The van der Waals surface area contributed by atoms with Crippen LogP contribution in [0.2, 0.25) is 5.15 Å². The van der Waals surface area contributed by atoms with Gasteiger partial charge in [-0.05, 0) is 63.3 Å². The van der Waals surface area contributed by atoms with E-state index < -0.39 is 17.7 Å². The summed E-state index contributed by atoms with van der Waals surface area (Å²) in [7, 11) is 0. The van der Waals surface area contributed by atoms with Crippen LogP contribution < -0.4 is 14.8 Å². The van der Waals surface area contributed by atoms with Gasteiger partial charge in [0.15, 0.2) is 0 Å². The highest BCUT2D eigenvalue weighted by molar-refractivity contribution is 8.00. The van der Waals surface area contributed by atoms with Crippen molar-refractivity contribution < 1.29 is 24.2 Å². The molecule has 2 rings (SSSR count). The molecule has 1 amide bonds. The second-order valence-electron chi connectivity index (χ2n) is 8.67. The van der Waals surface area contributed by atoms with Gasteiger partial charge in [0.05, 0.1) is 11.6 Å². The van der Waals surface area contributed by atoms with Gasteiger partial charge in [0, 0.05) is 11.0 Å². The lowest BCUT2D eigenvalue weighted by Crippen LogP contribution is -2.42. The average molecular weight is 497 g/mol. The van der Waals surface area contributed by atoms with Crippen molar-refractivity contribution in [3.8, 4) is 5.88 Å². The number of nitrogens with one attached hydrogen (secondary N) is 2. The second-order valence-corrected chi connectivity index (χ2v) is 9.94. The lowest BCUT2D eigenvalue weighted by atomic mass is 10.0. The molecule has 2 aromatic rings. The van der Waals surface area contributed by atoms with Crippen LogP contribution in [0.3, 0.4) is 0 Å². The summed E-state index contributed by atoms with van der Waals surface area (Å²) < 4.78 is 14.1. The number of hydrogen-bond acceptors (Lipinski definition) is 8. The highest BCUT2D eigenvalue weighted by Gasteiger charge is 2.21. The highest BCUT2D eigenvalue weighted by atomic mass is 35.5. The van der Waals surface area contributed by atoms with E-state index in [1.807, 2.05) is 13.8 Å². The molecule has 1 aromatic carbocycles. The molecule has 3 N–H and O–H groups in total. The van der Waals surface area contributed by atoms with Gasteiger partial charge in [-0.2, -0.15) is 4.98 Å². The number of aromatic nitrogens is 2. The third kappa shape index (κ3) is 10.2. The monoisotopic (exact) mass is 496 g/mol. The maximum Gasteiger partial charge on any atom is 0.407 e. The number of alkyl carbamates (subject to hydrolysis) is 1. The van der Waals surface area contributed by atoms with E-state index in [0.29, 0.717) is 17.2 Å². The third-order valence-corrected chi connectivity index (χ3v) is 4.89. The van der Waals surface area contributed by atoms with Crippen molar-refractivity contribution in [2.45, 2.75) is 57.6 Å². The number of halogens is 1. The molecule has 0 bridgehead atoms. The first-order chi connectivity index (χ1) is 15.4. The zero-order valence-electron chi connectivity index (χ0n) is 19.2. The molecule has 1 aromatic heterocycles. The van der Waals surface area contributed by atoms with Gasteiger partial charge in [-0.3, -0.25) is 4.72 Å². The van der Waals surface area contributed by atoms with Crippen LogP contribution in [-0.4, -0.2) is 45.4 Å². The summed E-state index contributed by atoms with van der Waals surface area (Å²) in [5.74, 6) is -0.262. The quantitative estimate of drug-likeness (QED) is 0.298. The average Bonchev–Trinajstić information content (AvgIpc) is 2.68. The van der Waals surface area contributed by atoms with Crippen molar-refractivity contribution in [1.82, 2.24) is 15.3 Å². The number of amides is 1. The first-order valence-corrected chi connectivity index (χ1v) is 11.5. The van der Waals surface area contributed by atoms with Crippen LogP contribution in [0, 0.1) is 5.92 Å². The van der Waals surface area contributed by atoms with Crippen LogP contribution in [-0.2, 0) is 4.74 Å². The molecule has 1 unspecified atom stereocenters. The van der Waals surface area contributed by atoms with E-state index >= 15 is 0 Å². The van der Waals surface area contributed by atoms with Gasteiger partial charge < -0.3 is 19.9 Å². The molecule has 180 valence electrons. The van der Waals surface area contributed by atoms with Crippen molar-refractivity contribution in [1.29, 1.82) is 0 Å². The fourth-order valence-corrected chi connectivity index (χ4v) is 3.52. The third-order valence-electron chi connectivity index (χ3n) is 3.92. The van der Waals surface area contributed by atoms with Crippen molar-refractivity contribution in [2.75, 3.05) is 11.3 Å². The number of anilines is 1. The van der Waals surface area contributed by atoms with Crippen LogP contribution in [0.4, 0.5) is 10.7 Å². The number of nitrogens with zero attached hydrogens (tertiary/aromatic N) is 2. The summed E-state index contributed by atoms with van der Waals surface area (Å²) in [6.07, 6.45) is 0.165.